The van der Waals surface area contributed by atoms with Crippen molar-refractivity contribution in [2.75, 3.05) is 6.54 Å². The van der Waals surface area contributed by atoms with Gasteiger partial charge in [-0.3, -0.25) is 0 Å². The van der Waals surface area contributed by atoms with Crippen molar-refractivity contribution in [1.29, 1.82) is 0 Å². The number of halogens is 2. The molecule has 0 saturated carbocycles. The molecule has 1 aromatic heterocycles. The van der Waals surface area contributed by atoms with Crippen LogP contribution in [0.4, 0.5) is 0 Å². The van der Waals surface area contributed by atoms with E-state index >= 15 is 0 Å². The molecule has 80 valence electrons. The van der Waals surface area contributed by atoms with E-state index < -0.39 is 0 Å². The Morgan fingerprint density at radius 3 is 2.87 bits per heavy atom. The minimum Gasteiger partial charge on any atom is -0.439 e. The molecule has 2 aromatic rings. The zero-order chi connectivity index (χ0) is 10.8. The van der Waals surface area contributed by atoms with Gasteiger partial charge in [-0.25, -0.2) is 4.98 Å². The third kappa shape index (κ3) is 2.09. The van der Waals surface area contributed by atoms with Gasteiger partial charge in [0, 0.05) is 6.42 Å². The highest BCUT2D eigenvalue weighted by molar-refractivity contribution is 6.44. The van der Waals surface area contributed by atoms with Crippen LogP contribution in [0.15, 0.2) is 16.5 Å². The summed E-state index contributed by atoms with van der Waals surface area (Å²) in [6.07, 6.45) is 1.57. The Bertz CT molecular complexity index is 481. The lowest BCUT2D eigenvalue weighted by Gasteiger charge is -1.93. The summed E-state index contributed by atoms with van der Waals surface area (Å²) in [6.45, 7) is 0.618. The standard InChI is InChI=1S/C10H10Cl2N2O/c11-6-3-4-7-10(9(6)12)15-8(14-7)2-1-5-13/h3-4H,1-2,5,13H2. The van der Waals surface area contributed by atoms with Crippen molar-refractivity contribution in [3.63, 3.8) is 0 Å². The van der Waals surface area contributed by atoms with Crippen LogP contribution in [0.5, 0.6) is 0 Å². The smallest absolute Gasteiger partial charge is 0.195 e. The molecule has 0 saturated heterocycles. The second-order valence-electron chi connectivity index (χ2n) is 3.21. The van der Waals surface area contributed by atoms with E-state index in [-0.39, 0.29) is 0 Å². The van der Waals surface area contributed by atoms with E-state index in [4.69, 9.17) is 33.4 Å². The molecule has 3 nitrogen and oxygen atoms in total. The first kappa shape index (κ1) is 10.7. The highest BCUT2D eigenvalue weighted by Crippen LogP contribution is 2.31. The van der Waals surface area contributed by atoms with Gasteiger partial charge in [0.05, 0.1) is 5.02 Å². The van der Waals surface area contributed by atoms with Gasteiger partial charge in [-0.1, -0.05) is 23.2 Å². The third-order valence-corrected chi connectivity index (χ3v) is 2.88. The van der Waals surface area contributed by atoms with Crippen LogP contribution in [-0.2, 0) is 6.42 Å². The Morgan fingerprint density at radius 2 is 2.13 bits per heavy atom. The molecule has 0 radical (unpaired) electrons. The first-order valence-corrected chi connectivity index (χ1v) is 5.41. The van der Waals surface area contributed by atoms with Gasteiger partial charge in [-0.15, -0.1) is 0 Å². The minimum atomic E-state index is 0.417. The third-order valence-electron chi connectivity index (χ3n) is 2.09. The van der Waals surface area contributed by atoms with Crippen LogP contribution in [0.3, 0.4) is 0 Å². The van der Waals surface area contributed by atoms with Gasteiger partial charge in [0.2, 0.25) is 0 Å². The molecule has 0 aliphatic carbocycles. The van der Waals surface area contributed by atoms with Crippen LogP contribution < -0.4 is 5.73 Å². The first-order chi connectivity index (χ1) is 7.22. The Morgan fingerprint density at radius 1 is 1.33 bits per heavy atom. The molecule has 0 aliphatic heterocycles. The van der Waals surface area contributed by atoms with Crippen LogP contribution in [0.2, 0.25) is 10.0 Å². The van der Waals surface area contributed by atoms with E-state index in [9.17, 15) is 0 Å². The Labute approximate surface area is 97.2 Å². The van der Waals surface area contributed by atoms with E-state index in [0.717, 1.165) is 18.4 Å². The number of hydrogen-bond donors (Lipinski definition) is 1. The van der Waals surface area contributed by atoms with Crippen molar-refractivity contribution in [2.45, 2.75) is 12.8 Å². The van der Waals surface area contributed by atoms with Gasteiger partial charge in [-0.05, 0) is 25.1 Å². The predicted octanol–water partition coefficient (Wildman–Crippen LogP) is 3.03. The Hall–Kier alpha value is -0.770. The summed E-state index contributed by atoms with van der Waals surface area (Å²) in [6, 6.07) is 3.50. The van der Waals surface area contributed by atoms with Gasteiger partial charge in [-0.2, -0.15) is 0 Å². The molecule has 15 heavy (non-hydrogen) atoms. The molecule has 2 rings (SSSR count). The first-order valence-electron chi connectivity index (χ1n) is 4.66. The fraction of sp³-hybridized carbons (Fsp3) is 0.300. The van der Waals surface area contributed by atoms with Crippen molar-refractivity contribution in [1.82, 2.24) is 4.98 Å². The normalized spacial score (nSPS) is 11.1. The molecule has 0 aliphatic rings. The molecule has 1 aromatic carbocycles. The molecule has 2 N–H and O–H groups in total. The summed E-state index contributed by atoms with van der Waals surface area (Å²) in [4.78, 5) is 4.29. The average molecular weight is 245 g/mol. The van der Waals surface area contributed by atoms with Crippen molar-refractivity contribution in [3.8, 4) is 0 Å². The maximum atomic E-state index is 5.98. The number of benzene rings is 1. The lowest BCUT2D eigenvalue weighted by molar-refractivity contribution is 0.521. The molecule has 0 amide bonds. The predicted molar refractivity (Wildman–Crippen MR) is 61.4 cm³/mol. The lowest BCUT2D eigenvalue weighted by Crippen LogP contribution is -2.00. The van der Waals surface area contributed by atoms with Gasteiger partial charge in [0.25, 0.3) is 0 Å². The van der Waals surface area contributed by atoms with Crippen LogP contribution in [0, 0.1) is 0 Å². The SMILES string of the molecule is NCCCc1nc2ccc(Cl)c(Cl)c2o1. The van der Waals surface area contributed by atoms with Gasteiger partial charge >= 0.3 is 0 Å². The zero-order valence-electron chi connectivity index (χ0n) is 7.96. The van der Waals surface area contributed by atoms with Gasteiger partial charge < -0.3 is 10.2 Å². The molecule has 0 bridgehead atoms. The van der Waals surface area contributed by atoms with E-state index in [1.54, 1.807) is 12.1 Å². The number of nitrogens with zero attached hydrogens (tertiary/aromatic N) is 1. The van der Waals surface area contributed by atoms with Gasteiger partial charge in [0.15, 0.2) is 11.5 Å². The van der Waals surface area contributed by atoms with Crippen LogP contribution in [0.25, 0.3) is 11.1 Å². The summed E-state index contributed by atoms with van der Waals surface area (Å²) in [5.74, 6) is 0.652. The van der Waals surface area contributed by atoms with Crippen LogP contribution in [0.1, 0.15) is 12.3 Å². The summed E-state index contributed by atoms with van der Waals surface area (Å²) in [5, 5.41) is 0.895. The van der Waals surface area contributed by atoms with E-state index in [1.165, 1.54) is 0 Å². The Kier molecular flexibility index (Phi) is 3.14. The largest absolute Gasteiger partial charge is 0.439 e. The maximum Gasteiger partial charge on any atom is 0.195 e. The minimum absolute atomic E-state index is 0.417. The fourth-order valence-electron chi connectivity index (χ4n) is 1.34. The molecule has 0 spiro atoms. The van der Waals surface area contributed by atoms with E-state index in [2.05, 4.69) is 4.98 Å². The molecule has 0 atom stereocenters. The topological polar surface area (TPSA) is 52.0 Å². The van der Waals surface area contributed by atoms with E-state index in [1.807, 2.05) is 0 Å². The zero-order valence-corrected chi connectivity index (χ0v) is 9.48. The second-order valence-corrected chi connectivity index (χ2v) is 3.99. The van der Waals surface area contributed by atoms with Crippen LogP contribution >= 0.6 is 23.2 Å². The summed E-state index contributed by atoms with van der Waals surface area (Å²) in [7, 11) is 0. The van der Waals surface area contributed by atoms with E-state index in [0.29, 0.717) is 28.1 Å². The number of nitrogens with two attached hydrogens (primary N) is 1. The second kappa shape index (κ2) is 4.39. The van der Waals surface area contributed by atoms with Crippen molar-refractivity contribution in [2.24, 2.45) is 5.73 Å². The monoisotopic (exact) mass is 244 g/mol. The molecular formula is C10H10Cl2N2O. The van der Waals surface area contributed by atoms with Gasteiger partial charge in [0.1, 0.15) is 10.5 Å². The van der Waals surface area contributed by atoms with Crippen molar-refractivity contribution >= 4 is 34.3 Å². The van der Waals surface area contributed by atoms with Crippen molar-refractivity contribution in [3.05, 3.63) is 28.1 Å². The van der Waals surface area contributed by atoms with Crippen molar-refractivity contribution < 1.29 is 4.42 Å². The summed E-state index contributed by atoms with van der Waals surface area (Å²) >= 11 is 11.8. The number of fused-ring (bicyclic) bond motifs is 1. The fourth-order valence-corrected chi connectivity index (χ4v) is 1.69. The molecule has 0 fully saturated rings. The average Bonchev–Trinajstić information content (AvgIpc) is 2.64. The molecular weight excluding hydrogens is 235 g/mol. The quantitative estimate of drug-likeness (QED) is 0.904. The molecule has 5 heteroatoms. The number of hydrogen-bond acceptors (Lipinski definition) is 3. The van der Waals surface area contributed by atoms with Crippen LogP contribution in [-0.4, -0.2) is 11.5 Å². The molecule has 0 unspecified atom stereocenters. The Balaban J connectivity index is 2.42. The number of oxazole rings is 1. The highest BCUT2D eigenvalue weighted by Gasteiger charge is 2.11. The summed E-state index contributed by atoms with van der Waals surface area (Å²) < 4.78 is 5.50. The number of aromatic nitrogens is 1. The molecule has 1 heterocycles. The lowest BCUT2D eigenvalue weighted by atomic mass is 10.3. The maximum absolute atomic E-state index is 5.98. The number of aryl methyl sites for hydroxylation is 1. The number of rotatable bonds is 3. The summed E-state index contributed by atoms with van der Waals surface area (Å²) in [5.41, 5.74) is 6.69. The highest BCUT2D eigenvalue weighted by atomic mass is 35.5.